The number of pyridine rings is 1. The summed E-state index contributed by atoms with van der Waals surface area (Å²) in [6, 6.07) is 0. The molecule has 0 amide bonds. The highest BCUT2D eigenvalue weighted by Gasteiger charge is 2.07. The minimum Gasteiger partial charge on any atom is -0.496 e. The zero-order valence-electron chi connectivity index (χ0n) is 9.79. The van der Waals surface area contributed by atoms with E-state index in [-0.39, 0.29) is 0 Å². The number of aromatic nitrogens is 1. The van der Waals surface area contributed by atoms with Crippen molar-refractivity contribution in [1.82, 2.24) is 4.98 Å². The van der Waals surface area contributed by atoms with Crippen LogP contribution < -0.4 is 10.5 Å². The molecular formula is C12H18N2O. The highest BCUT2D eigenvalue weighted by atomic mass is 16.5. The van der Waals surface area contributed by atoms with Gasteiger partial charge in [0.05, 0.1) is 12.8 Å². The molecule has 3 heteroatoms. The average Bonchev–Trinajstić information content (AvgIpc) is 2.23. The van der Waals surface area contributed by atoms with Crippen molar-refractivity contribution in [3.8, 4) is 5.75 Å². The molecule has 0 fully saturated rings. The van der Waals surface area contributed by atoms with Crippen LogP contribution in [-0.4, -0.2) is 18.6 Å². The average molecular weight is 206 g/mol. The second-order valence-electron chi connectivity index (χ2n) is 3.68. The van der Waals surface area contributed by atoms with Gasteiger partial charge in [-0.25, -0.2) is 0 Å². The molecule has 2 N–H and O–H groups in total. The van der Waals surface area contributed by atoms with Gasteiger partial charge in [0.25, 0.3) is 0 Å². The lowest BCUT2D eigenvalue weighted by molar-refractivity contribution is 0.407. The second-order valence-corrected chi connectivity index (χ2v) is 3.68. The number of ether oxygens (including phenoxy) is 1. The lowest BCUT2D eigenvalue weighted by Gasteiger charge is -2.10. The van der Waals surface area contributed by atoms with E-state index in [2.05, 4.69) is 4.98 Å². The molecule has 0 spiro atoms. The van der Waals surface area contributed by atoms with E-state index in [1.807, 2.05) is 33.0 Å². The van der Waals surface area contributed by atoms with Crippen LogP contribution in [0.2, 0.25) is 0 Å². The van der Waals surface area contributed by atoms with Gasteiger partial charge in [0.1, 0.15) is 5.75 Å². The first-order valence-electron chi connectivity index (χ1n) is 4.97. The zero-order chi connectivity index (χ0) is 11.4. The molecule has 0 bridgehead atoms. The molecule has 1 heterocycles. The summed E-state index contributed by atoms with van der Waals surface area (Å²) >= 11 is 0. The Morgan fingerprint density at radius 2 is 2.20 bits per heavy atom. The Bertz CT molecular complexity index is 383. The highest BCUT2D eigenvalue weighted by molar-refractivity contribution is 5.57. The first kappa shape index (κ1) is 11.7. The van der Waals surface area contributed by atoms with Crippen molar-refractivity contribution in [3.63, 3.8) is 0 Å². The van der Waals surface area contributed by atoms with Gasteiger partial charge in [0, 0.05) is 23.9 Å². The minimum absolute atomic E-state index is 0.553. The quantitative estimate of drug-likeness (QED) is 0.823. The predicted molar refractivity (Wildman–Crippen MR) is 63.0 cm³/mol. The van der Waals surface area contributed by atoms with Gasteiger partial charge in [-0.05, 0) is 26.8 Å². The molecular weight excluding hydrogens is 188 g/mol. The summed E-state index contributed by atoms with van der Waals surface area (Å²) in [5.41, 5.74) is 9.70. The van der Waals surface area contributed by atoms with Gasteiger partial charge in [0.2, 0.25) is 0 Å². The molecule has 0 aromatic carbocycles. The van der Waals surface area contributed by atoms with Crippen LogP contribution in [0, 0.1) is 13.8 Å². The van der Waals surface area contributed by atoms with E-state index in [1.165, 1.54) is 0 Å². The first-order chi connectivity index (χ1) is 7.10. The monoisotopic (exact) mass is 206 g/mol. The number of hydrogen-bond acceptors (Lipinski definition) is 3. The van der Waals surface area contributed by atoms with Gasteiger partial charge in [-0.3, -0.25) is 4.98 Å². The van der Waals surface area contributed by atoms with Crippen molar-refractivity contribution in [3.05, 3.63) is 28.6 Å². The van der Waals surface area contributed by atoms with E-state index in [4.69, 9.17) is 10.5 Å². The van der Waals surface area contributed by atoms with E-state index >= 15 is 0 Å². The molecule has 0 saturated heterocycles. The summed E-state index contributed by atoms with van der Waals surface area (Å²) in [6.45, 7) is 6.54. The van der Waals surface area contributed by atoms with Crippen LogP contribution in [0.15, 0.2) is 11.8 Å². The third kappa shape index (κ3) is 2.57. The smallest absolute Gasteiger partial charge is 0.128 e. The van der Waals surface area contributed by atoms with E-state index < -0.39 is 0 Å². The van der Waals surface area contributed by atoms with Gasteiger partial charge in [-0.2, -0.15) is 0 Å². The van der Waals surface area contributed by atoms with Gasteiger partial charge < -0.3 is 10.5 Å². The van der Waals surface area contributed by atoms with E-state index in [1.54, 1.807) is 7.11 Å². The molecule has 0 radical (unpaired) electrons. The normalized spacial score (nSPS) is 11.7. The molecule has 0 unspecified atom stereocenters. The Balaban J connectivity index is 3.22. The van der Waals surface area contributed by atoms with Crippen molar-refractivity contribution in [2.24, 2.45) is 5.73 Å². The van der Waals surface area contributed by atoms with Crippen LogP contribution in [0.3, 0.4) is 0 Å². The van der Waals surface area contributed by atoms with Crippen LogP contribution in [0.25, 0.3) is 6.08 Å². The lowest BCUT2D eigenvalue weighted by Crippen LogP contribution is -2.01. The SMILES string of the molecule is COc1c(C)cnc(/C=C(/C)CN)c1C. The fourth-order valence-electron chi connectivity index (χ4n) is 1.49. The van der Waals surface area contributed by atoms with Crippen molar-refractivity contribution >= 4 is 6.08 Å². The van der Waals surface area contributed by atoms with Gasteiger partial charge in [-0.1, -0.05) is 5.57 Å². The Morgan fingerprint density at radius 3 is 2.73 bits per heavy atom. The van der Waals surface area contributed by atoms with Crippen molar-refractivity contribution in [1.29, 1.82) is 0 Å². The van der Waals surface area contributed by atoms with Gasteiger partial charge in [-0.15, -0.1) is 0 Å². The number of nitrogens with zero attached hydrogens (tertiary/aromatic N) is 1. The topological polar surface area (TPSA) is 48.1 Å². The molecule has 0 aliphatic carbocycles. The van der Waals surface area contributed by atoms with Crippen LogP contribution >= 0.6 is 0 Å². The third-order valence-corrected chi connectivity index (χ3v) is 2.39. The molecule has 15 heavy (non-hydrogen) atoms. The molecule has 0 aliphatic heterocycles. The van der Waals surface area contributed by atoms with Crippen LogP contribution in [0.1, 0.15) is 23.7 Å². The lowest BCUT2D eigenvalue weighted by atomic mass is 10.1. The van der Waals surface area contributed by atoms with Crippen LogP contribution in [0.5, 0.6) is 5.75 Å². The molecule has 1 aromatic rings. The number of rotatable bonds is 3. The third-order valence-electron chi connectivity index (χ3n) is 2.39. The molecule has 82 valence electrons. The molecule has 1 rings (SSSR count). The van der Waals surface area contributed by atoms with Crippen molar-refractivity contribution < 1.29 is 4.74 Å². The highest BCUT2D eigenvalue weighted by Crippen LogP contribution is 2.24. The largest absolute Gasteiger partial charge is 0.496 e. The first-order valence-corrected chi connectivity index (χ1v) is 4.97. The summed E-state index contributed by atoms with van der Waals surface area (Å²) < 4.78 is 5.33. The van der Waals surface area contributed by atoms with E-state index in [0.717, 1.165) is 28.1 Å². The fraction of sp³-hybridized carbons (Fsp3) is 0.417. The number of methoxy groups -OCH3 is 1. The predicted octanol–water partition coefficient (Wildman–Crippen LogP) is 2.07. The maximum atomic E-state index is 5.54. The molecule has 0 saturated carbocycles. The minimum atomic E-state index is 0.553. The number of nitrogens with two attached hydrogens (primary N) is 1. The van der Waals surface area contributed by atoms with Crippen molar-refractivity contribution in [2.45, 2.75) is 20.8 Å². The molecule has 1 aromatic heterocycles. The van der Waals surface area contributed by atoms with E-state index in [0.29, 0.717) is 6.54 Å². The zero-order valence-corrected chi connectivity index (χ0v) is 9.79. The summed E-state index contributed by atoms with van der Waals surface area (Å²) in [6.07, 6.45) is 3.82. The van der Waals surface area contributed by atoms with Gasteiger partial charge in [0.15, 0.2) is 0 Å². The molecule has 0 atom stereocenters. The Kier molecular flexibility index (Phi) is 3.86. The van der Waals surface area contributed by atoms with Gasteiger partial charge >= 0.3 is 0 Å². The standard InChI is InChI=1S/C12H18N2O/c1-8(6-13)5-11-10(3)12(15-4)9(2)7-14-11/h5,7H,6,13H2,1-4H3/b8-5-. The van der Waals surface area contributed by atoms with Crippen molar-refractivity contribution in [2.75, 3.05) is 13.7 Å². The summed E-state index contributed by atoms with van der Waals surface area (Å²) in [5.74, 6) is 0.904. The number of aryl methyl sites for hydroxylation is 1. The Morgan fingerprint density at radius 1 is 1.53 bits per heavy atom. The molecule has 3 nitrogen and oxygen atoms in total. The number of hydrogen-bond donors (Lipinski definition) is 1. The Labute approximate surface area is 91.0 Å². The van der Waals surface area contributed by atoms with E-state index in [9.17, 15) is 0 Å². The van der Waals surface area contributed by atoms with Crippen LogP contribution in [-0.2, 0) is 0 Å². The summed E-state index contributed by atoms with van der Waals surface area (Å²) in [7, 11) is 1.68. The second kappa shape index (κ2) is 4.94. The summed E-state index contributed by atoms with van der Waals surface area (Å²) in [4.78, 5) is 4.36. The molecule has 0 aliphatic rings. The maximum Gasteiger partial charge on any atom is 0.128 e. The fourth-order valence-corrected chi connectivity index (χ4v) is 1.49. The van der Waals surface area contributed by atoms with Crippen LogP contribution in [0.4, 0.5) is 0 Å². The maximum absolute atomic E-state index is 5.54. The summed E-state index contributed by atoms with van der Waals surface area (Å²) in [5, 5.41) is 0. The Hall–Kier alpha value is -1.35.